The molecule has 0 amide bonds. The Balaban J connectivity index is 1.90. The lowest BCUT2D eigenvalue weighted by Crippen LogP contribution is -2.14. The fraction of sp³-hybridized carbons (Fsp3) is 0.250. The first-order chi connectivity index (χ1) is 11.4. The molecule has 2 nitrogen and oxygen atoms in total. The van der Waals surface area contributed by atoms with Crippen molar-refractivity contribution in [2.45, 2.75) is 32.6 Å². The van der Waals surface area contributed by atoms with Gasteiger partial charge in [0.1, 0.15) is 0 Å². The molecule has 0 spiro atoms. The first-order valence-electron chi connectivity index (χ1n) is 7.98. The van der Waals surface area contributed by atoms with Gasteiger partial charge in [-0.25, -0.2) is 4.98 Å². The van der Waals surface area contributed by atoms with E-state index in [2.05, 4.69) is 50.4 Å². The molecule has 0 aliphatic rings. The van der Waals surface area contributed by atoms with Crippen LogP contribution in [0.3, 0.4) is 0 Å². The highest BCUT2D eigenvalue weighted by Crippen LogP contribution is 2.35. The Morgan fingerprint density at radius 3 is 2.29 bits per heavy atom. The molecule has 0 aliphatic carbocycles. The molecule has 1 heterocycles. The van der Waals surface area contributed by atoms with E-state index in [1.165, 1.54) is 10.4 Å². The number of hydrogen-bond acceptors (Lipinski definition) is 3. The third-order valence-corrected chi connectivity index (χ3v) is 4.93. The summed E-state index contributed by atoms with van der Waals surface area (Å²) < 4.78 is 0. The quantitative estimate of drug-likeness (QED) is 0.582. The molecule has 3 rings (SSSR count). The first-order valence-corrected chi connectivity index (χ1v) is 9.18. The van der Waals surface area contributed by atoms with Gasteiger partial charge in [-0.2, -0.15) is 0 Å². The van der Waals surface area contributed by atoms with Gasteiger partial charge < -0.3 is 5.32 Å². The van der Waals surface area contributed by atoms with Crippen LogP contribution in [-0.2, 0) is 11.8 Å². The summed E-state index contributed by atoms with van der Waals surface area (Å²) in [7, 11) is 0. The minimum atomic E-state index is 0.00881. The van der Waals surface area contributed by atoms with Crippen LogP contribution in [0.25, 0.3) is 0 Å². The van der Waals surface area contributed by atoms with Gasteiger partial charge in [-0.05, 0) is 29.8 Å². The first kappa shape index (κ1) is 17.0. The van der Waals surface area contributed by atoms with Crippen LogP contribution in [0.1, 0.15) is 36.9 Å². The number of hydrogen-bond donors (Lipinski definition) is 1. The zero-order valence-corrected chi connectivity index (χ0v) is 15.7. The van der Waals surface area contributed by atoms with Crippen molar-refractivity contribution in [1.82, 2.24) is 4.98 Å². The van der Waals surface area contributed by atoms with Crippen LogP contribution in [0.5, 0.6) is 0 Å². The molecule has 1 aromatic heterocycles. The monoisotopic (exact) mass is 356 g/mol. The summed E-state index contributed by atoms with van der Waals surface area (Å²) >= 11 is 7.72. The summed E-state index contributed by atoms with van der Waals surface area (Å²) in [6.07, 6.45) is 0.873. The Morgan fingerprint density at radius 2 is 1.67 bits per heavy atom. The largest absolute Gasteiger partial charge is 0.332 e. The Hall–Kier alpha value is -1.84. The molecule has 24 heavy (non-hydrogen) atoms. The van der Waals surface area contributed by atoms with E-state index < -0.39 is 0 Å². The lowest BCUT2D eigenvalue weighted by atomic mass is 9.90. The lowest BCUT2D eigenvalue weighted by molar-refractivity contribution is 0.568. The SMILES string of the molecule is CC(C)(C)c1nc(Nc2ccccc2)sc1Cc1ccc(Cl)cc1. The van der Waals surface area contributed by atoms with E-state index in [0.717, 1.165) is 28.0 Å². The molecular formula is C20H21ClN2S. The standard InChI is InChI=1S/C20H21ClN2S/c1-20(2,3)18-17(13-14-9-11-15(21)12-10-14)24-19(23-18)22-16-7-5-4-6-8-16/h4-12H,13H2,1-3H3,(H,22,23). The normalized spacial score (nSPS) is 11.5. The van der Waals surface area contributed by atoms with Crippen LogP contribution < -0.4 is 5.32 Å². The summed E-state index contributed by atoms with van der Waals surface area (Å²) in [5, 5.41) is 5.13. The predicted molar refractivity (Wildman–Crippen MR) is 105 cm³/mol. The molecule has 0 fully saturated rings. The van der Waals surface area contributed by atoms with Gasteiger partial charge in [0, 0.05) is 27.4 Å². The molecule has 124 valence electrons. The van der Waals surface area contributed by atoms with Crippen molar-refractivity contribution in [3.8, 4) is 0 Å². The van der Waals surface area contributed by atoms with Crippen molar-refractivity contribution in [2.75, 3.05) is 5.32 Å². The maximum Gasteiger partial charge on any atom is 0.187 e. The van der Waals surface area contributed by atoms with Crippen LogP contribution >= 0.6 is 22.9 Å². The summed E-state index contributed by atoms with van der Waals surface area (Å²) in [6.45, 7) is 6.62. The number of benzene rings is 2. The number of halogens is 1. The van der Waals surface area contributed by atoms with Gasteiger partial charge in [-0.15, -0.1) is 11.3 Å². The van der Waals surface area contributed by atoms with E-state index in [1.807, 2.05) is 30.3 Å². The van der Waals surface area contributed by atoms with Gasteiger partial charge in [0.15, 0.2) is 5.13 Å². The summed E-state index contributed by atoms with van der Waals surface area (Å²) in [5.74, 6) is 0. The topological polar surface area (TPSA) is 24.9 Å². The molecule has 0 atom stereocenters. The van der Waals surface area contributed by atoms with Crippen LogP contribution in [0.2, 0.25) is 5.02 Å². The average Bonchev–Trinajstić information content (AvgIpc) is 2.93. The number of rotatable bonds is 4. The molecular weight excluding hydrogens is 336 g/mol. The molecule has 2 aromatic carbocycles. The van der Waals surface area contributed by atoms with Gasteiger partial charge in [0.05, 0.1) is 5.69 Å². The zero-order valence-electron chi connectivity index (χ0n) is 14.1. The number of anilines is 2. The number of nitrogens with one attached hydrogen (secondary N) is 1. The maximum atomic E-state index is 5.99. The van der Waals surface area contributed by atoms with E-state index in [4.69, 9.17) is 16.6 Å². The summed E-state index contributed by atoms with van der Waals surface area (Å²) in [6, 6.07) is 18.2. The molecule has 0 bridgehead atoms. The molecule has 0 radical (unpaired) electrons. The van der Waals surface area contributed by atoms with Crippen LogP contribution in [0.4, 0.5) is 10.8 Å². The molecule has 0 saturated carbocycles. The minimum absolute atomic E-state index is 0.00881. The van der Waals surface area contributed by atoms with E-state index in [0.29, 0.717) is 0 Å². The molecule has 4 heteroatoms. The van der Waals surface area contributed by atoms with Gasteiger partial charge in [-0.3, -0.25) is 0 Å². The highest BCUT2D eigenvalue weighted by atomic mass is 35.5. The van der Waals surface area contributed by atoms with Gasteiger partial charge >= 0.3 is 0 Å². The van der Waals surface area contributed by atoms with Gasteiger partial charge in [-0.1, -0.05) is 62.7 Å². The fourth-order valence-corrected chi connectivity index (χ4v) is 3.90. The van der Waals surface area contributed by atoms with Crippen molar-refractivity contribution in [1.29, 1.82) is 0 Å². The second-order valence-corrected chi connectivity index (χ2v) is 8.36. The smallest absolute Gasteiger partial charge is 0.187 e. The average molecular weight is 357 g/mol. The Bertz CT molecular complexity index is 802. The van der Waals surface area contributed by atoms with Crippen molar-refractivity contribution >= 4 is 33.8 Å². The molecule has 1 N–H and O–H groups in total. The zero-order chi connectivity index (χ0) is 17.2. The number of aromatic nitrogens is 1. The number of nitrogens with zero attached hydrogens (tertiary/aromatic N) is 1. The second kappa shape index (κ2) is 6.96. The Labute approximate surface area is 152 Å². The lowest BCUT2D eigenvalue weighted by Gasteiger charge is -2.17. The third kappa shape index (κ3) is 4.16. The van der Waals surface area contributed by atoms with E-state index in [1.54, 1.807) is 11.3 Å². The van der Waals surface area contributed by atoms with Crippen molar-refractivity contribution in [3.63, 3.8) is 0 Å². The molecule has 0 aliphatic heterocycles. The predicted octanol–water partition coefficient (Wildman–Crippen LogP) is 6.43. The van der Waals surface area contributed by atoms with Gasteiger partial charge in [0.2, 0.25) is 0 Å². The van der Waals surface area contributed by atoms with Crippen LogP contribution in [0.15, 0.2) is 54.6 Å². The maximum absolute atomic E-state index is 5.99. The fourth-order valence-electron chi connectivity index (χ4n) is 2.54. The van der Waals surface area contributed by atoms with Crippen molar-refractivity contribution < 1.29 is 0 Å². The molecule has 0 saturated heterocycles. The van der Waals surface area contributed by atoms with E-state index >= 15 is 0 Å². The number of thiazole rings is 1. The van der Waals surface area contributed by atoms with Crippen molar-refractivity contribution in [3.05, 3.63) is 75.8 Å². The molecule has 0 unspecified atom stereocenters. The third-order valence-electron chi connectivity index (χ3n) is 3.71. The highest BCUT2D eigenvalue weighted by molar-refractivity contribution is 7.15. The van der Waals surface area contributed by atoms with Gasteiger partial charge in [0.25, 0.3) is 0 Å². The highest BCUT2D eigenvalue weighted by Gasteiger charge is 2.23. The molecule has 3 aromatic rings. The number of para-hydroxylation sites is 1. The minimum Gasteiger partial charge on any atom is -0.332 e. The van der Waals surface area contributed by atoms with Crippen LogP contribution in [0, 0.1) is 0 Å². The van der Waals surface area contributed by atoms with E-state index in [9.17, 15) is 0 Å². The Morgan fingerprint density at radius 1 is 1.00 bits per heavy atom. The second-order valence-electron chi connectivity index (χ2n) is 6.84. The summed E-state index contributed by atoms with van der Waals surface area (Å²) in [5.41, 5.74) is 3.47. The van der Waals surface area contributed by atoms with Crippen molar-refractivity contribution in [2.24, 2.45) is 0 Å². The van der Waals surface area contributed by atoms with Crippen LogP contribution in [-0.4, -0.2) is 4.98 Å². The summed E-state index contributed by atoms with van der Waals surface area (Å²) in [4.78, 5) is 6.17. The van der Waals surface area contributed by atoms with E-state index in [-0.39, 0.29) is 5.41 Å². The Kier molecular flexibility index (Phi) is 4.93.